The summed E-state index contributed by atoms with van der Waals surface area (Å²) in [7, 11) is -1.84. The third-order valence-electron chi connectivity index (χ3n) is 5.53. The average molecular weight is 461 g/mol. The van der Waals surface area contributed by atoms with E-state index in [9.17, 15) is 19.4 Å². The SMILES string of the molecule is CC(C)c1cc(C#N)cc(C(C)C)c1NC(=O)NS(=O)c1ncc(C2(O)CCCC2)s1. The third kappa shape index (κ3) is 5.14. The van der Waals surface area contributed by atoms with Crippen molar-refractivity contribution in [1.82, 2.24) is 9.71 Å². The van der Waals surface area contributed by atoms with Crippen LogP contribution in [0.5, 0.6) is 0 Å². The fourth-order valence-electron chi connectivity index (χ4n) is 3.84. The number of aromatic nitrogens is 1. The van der Waals surface area contributed by atoms with Crippen molar-refractivity contribution in [2.45, 2.75) is 75.2 Å². The number of nitrogens with one attached hydrogen (secondary N) is 2. The fraction of sp³-hybridized carbons (Fsp3) is 0.500. The largest absolute Gasteiger partial charge is 0.384 e. The van der Waals surface area contributed by atoms with Crippen LogP contribution in [0.25, 0.3) is 0 Å². The smallest absolute Gasteiger partial charge is 0.331 e. The summed E-state index contributed by atoms with van der Waals surface area (Å²) in [6.45, 7) is 7.97. The molecule has 9 heteroatoms. The molecule has 166 valence electrons. The van der Waals surface area contributed by atoms with E-state index in [4.69, 9.17) is 0 Å². The predicted molar refractivity (Wildman–Crippen MR) is 122 cm³/mol. The zero-order chi connectivity index (χ0) is 22.8. The van der Waals surface area contributed by atoms with Crippen LogP contribution < -0.4 is 10.0 Å². The van der Waals surface area contributed by atoms with Crippen molar-refractivity contribution < 1.29 is 14.1 Å². The number of anilines is 1. The Labute approximate surface area is 189 Å². The van der Waals surface area contributed by atoms with Gasteiger partial charge in [0.1, 0.15) is 5.60 Å². The molecule has 2 aromatic rings. The molecule has 1 fully saturated rings. The minimum absolute atomic E-state index is 0.0836. The Morgan fingerprint density at radius 2 is 1.81 bits per heavy atom. The van der Waals surface area contributed by atoms with Crippen LogP contribution >= 0.6 is 11.3 Å². The number of hydrogen-bond acceptors (Lipinski definition) is 6. The first kappa shape index (κ1) is 23.4. The monoisotopic (exact) mass is 460 g/mol. The van der Waals surface area contributed by atoms with E-state index in [2.05, 4.69) is 21.1 Å². The van der Waals surface area contributed by atoms with Gasteiger partial charge in [-0.25, -0.2) is 14.0 Å². The highest BCUT2D eigenvalue weighted by Crippen LogP contribution is 2.41. The van der Waals surface area contributed by atoms with Gasteiger partial charge in [-0.2, -0.15) is 5.26 Å². The number of amides is 2. The van der Waals surface area contributed by atoms with E-state index in [1.54, 1.807) is 18.3 Å². The summed E-state index contributed by atoms with van der Waals surface area (Å²) < 4.78 is 15.4. The maximum absolute atomic E-state index is 12.7. The van der Waals surface area contributed by atoms with Crippen LogP contribution in [-0.4, -0.2) is 20.3 Å². The van der Waals surface area contributed by atoms with Crippen molar-refractivity contribution in [1.29, 1.82) is 5.26 Å². The van der Waals surface area contributed by atoms with Crippen LogP contribution in [0.1, 0.15) is 86.8 Å². The second kappa shape index (κ2) is 9.47. The maximum atomic E-state index is 12.7. The van der Waals surface area contributed by atoms with E-state index < -0.39 is 22.6 Å². The van der Waals surface area contributed by atoms with Crippen LogP contribution in [0.4, 0.5) is 10.5 Å². The van der Waals surface area contributed by atoms with Gasteiger partial charge in [-0.15, -0.1) is 11.3 Å². The van der Waals surface area contributed by atoms with E-state index >= 15 is 0 Å². The Bertz CT molecular complexity index is 1000. The Balaban J connectivity index is 1.79. The molecule has 2 amide bonds. The Hall–Kier alpha value is -2.28. The zero-order valence-electron chi connectivity index (χ0n) is 18.2. The van der Waals surface area contributed by atoms with Crippen molar-refractivity contribution in [2.75, 3.05) is 5.32 Å². The van der Waals surface area contributed by atoms with Gasteiger partial charge in [-0.3, -0.25) is 4.72 Å². The summed E-state index contributed by atoms with van der Waals surface area (Å²) >= 11 is 1.17. The van der Waals surface area contributed by atoms with Crippen molar-refractivity contribution in [3.05, 3.63) is 39.9 Å². The first-order chi connectivity index (χ1) is 14.6. The average Bonchev–Trinajstić information content (AvgIpc) is 3.38. The molecule has 0 saturated heterocycles. The molecule has 1 aromatic heterocycles. The molecule has 0 spiro atoms. The highest BCUT2D eigenvalue weighted by atomic mass is 32.2. The fourth-order valence-corrected chi connectivity index (χ4v) is 5.78. The molecule has 0 radical (unpaired) electrons. The first-order valence-electron chi connectivity index (χ1n) is 10.4. The molecular weight excluding hydrogens is 432 g/mol. The van der Waals surface area contributed by atoms with E-state index in [0.717, 1.165) is 24.0 Å². The lowest BCUT2D eigenvalue weighted by Crippen LogP contribution is -2.31. The second-order valence-electron chi connectivity index (χ2n) is 8.50. The molecule has 1 aromatic carbocycles. The molecule has 0 aliphatic heterocycles. The molecule has 1 atom stereocenters. The van der Waals surface area contributed by atoms with Gasteiger partial charge in [0, 0.05) is 11.9 Å². The van der Waals surface area contributed by atoms with Gasteiger partial charge in [0.05, 0.1) is 16.5 Å². The summed E-state index contributed by atoms with van der Waals surface area (Å²) in [5.41, 5.74) is 1.98. The van der Waals surface area contributed by atoms with Crippen molar-refractivity contribution in [3.63, 3.8) is 0 Å². The molecule has 3 N–H and O–H groups in total. The van der Waals surface area contributed by atoms with Gasteiger partial charge in [0.2, 0.25) is 4.34 Å². The third-order valence-corrected chi connectivity index (χ3v) is 8.01. The number of nitrogens with zero attached hydrogens (tertiary/aromatic N) is 2. The lowest BCUT2D eigenvalue weighted by molar-refractivity contribution is 0.0481. The van der Waals surface area contributed by atoms with Gasteiger partial charge in [-0.05, 0) is 47.9 Å². The van der Waals surface area contributed by atoms with Crippen LogP contribution in [0.3, 0.4) is 0 Å². The van der Waals surface area contributed by atoms with Gasteiger partial charge >= 0.3 is 6.03 Å². The normalized spacial score (nSPS) is 16.3. The summed E-state index contributed by atoms with van der Waals surface area (Å²) in [5.74, 6) is 0.167. The molecule has 1 unspecified atom stereocenters. The highest BCUT2D eigenvalue weighted by Gasteiger charge is 2.35. The molecule has 7 nitrogen and oxygen atoms in total. The number of thiazole rings is 1. The number of rotatable bonds is 6. The van der Waals surface area contributed by atoms with Crippen molar-refractivity contribution in [2.24, 2.45) is 0 Å². The van der Waals surface area contributed by atoms with Gasteiger partial charge in [0.25, 0.3) is 0 Å². The number of nitriles is 1. The van der Waals surface area contributed by atoms with Gasteiger partial charge < -0.3 is 10.4 Å². The van der Waals surface area contributed by atoms with Gasteiger partial charge in [0.15, 0.2) is 11.0 Å². The van der Waals surface area contributed by atoms with E-state index in [1.165, 1.54) is 11.3 Å². The van der Waals surface area contributed by atoms with Crippen LogP contribution in [0.15, 0.2) is 22.7 Å². The summed E-state index contributed by atoms with van der Waals surface area (Å²) in [6, 6.07) is 5.12. The van der Waals surface area contributed by atoms with Crippen molar-refractivity contribution >= 4 is 34.0 Å². The number of carbonyl (C=O) groups is 1. The predicted octanol–water partition coefficient (Wildman–Crippen LogP) is 4.87. The summed E-state index contributed by atoms with van der Waals surface area (Å²) in [4.78, 5) is 17.5. The Morgan fingerprint density at radius 1 is 1.23 bits per heavy atom. The molecular formula is C22H28N4O3S2. The number of hydrogen-bond donors (Lipinski definition) is 3. The summed E-state index contributed by atoms with van der Waals surface area (Å²) in [6.07, 6.45) is 4.80. The molecule has 0 bridgehead atoms. The maximum Gasteiger partial charge on any atom is 0.331 e. The number of carbonyl (C=O) groups excluding carboxylic acids is 1. The van der Waals surface area contributed by atoms with Crippen LogP contribution in [0.2, 0.25) is 0 Å². The van der Waals surface area contributed by atoms with Crippen LogP contribution in [0, 0.1) is 11.3 Å². The standard InChI is InChI=1S/C22H28N4O3S2/c1-13(2)16-9-15(11-23)10-17(14(3)4)19(16)25-20(27)26-31(29)21-24-12-18(30-21)22(28)7-5-6-8-22/h9-10,12-14,28H,5-8H2,1-4H3,(H2,25,26,27). The highest BCUT2D eigenvalue weighted by molar-refractivity contribution is 7.85. The minimum atomic E-state index is -1.84. The molecule has 3 rings (SSSR count). The Morgan fingerprint density at radius 3 is 2.32 bits per heavy atom. The lowest BCUT2D eigenvalue weighted by Gasteiger charge is -2.21. The second-order valence-corrected chi connectivity index (χ2v) is 10.9. The first-order valence-corrected chi connectivity index (χ1v) is 12.4. The molecule has 1 aliphatic rings. The lowest BCUT2D eigenvalue weighted by atomic mass is 9.90. The van der Waals surface area contributed by atoms with E-state index in [1.807, 2.05) is 27.7 Å². The number of benzene rings is 1. The topological polar surface area (TPSA) is 115 Å². The quantitative estimate of drug-likeness (QED) is 0.569. The number of urea groups is 1. The minimum Gasteiger partial charge on any atom is -0.384 e. The Kier molecular flexibility index (Phi) is 7.14. The van der Waals surface area contributed by atoms with Gasteiger partial charge in [-0.1, -0.05) is 40.5 Å². The molecule has 1 saturated carbocycles. The summed E-state index contributed by atoms with van der Waals surface area (Å²) in [5, 5.41) is 22.9. The number of aliphatic hydroxyl groups is 1. The van der Waals surface area contributed by atoms with E-state index in [-0.39, 0.29) is 16.2 Å². The van der Waals surface area contributed by atoms with E-state index in [0.29, 0.717) is 29.0 Å². The van der Waals surface area contributed by atoms with Crippen molar-refractivity contribution in [3.8, 4) is 6.07 Å². The molecule has 1 heterocycles. The zero-order valence-corrected chi connectivity index (χ0v) is 19.8. The molecule has 31 heavy (non-hydrogen) atoms. The van der Waals surface area contributed by atoms with Crippen LogP contribution in [-0.2, 0) is 16.6 Å². The molecule has 1 aliphatic carbocycles.